The van der Waals surface area contributed by atoms with E-state index in [1.807, 2.05) is 0 Å². The lowest BCUT2D eigenvalue weighted by molar-refractivity contribution is -0.123. The molecule has 1 heterocycles. The predicted octanol–water partition coefficient (Wildman–Crippen LogP) is 0.145. The summed E-state index contributed by atoms with van der Waals surface area (Å²) >= 11 is 0. The van der Waals surface area contributed by atoms with Crippen molar-refractivity contribution in [1.29, 1.82) is 0 Å². The van der Waals surface area contributed by atoms with Crippen LogP contribution >= 0.6 is 0 Å². The first-order valence-electron chi connectivity index (χ1n) is 6.72. The highest BCUT2D eigenvalue weighted by Crippen LogP contribution is 2.22. The number of hydrogen-bond donors (Lipinski definition) is 1. The predicted molar refractivity (Wildman–Crippen MR) is 75.3 cm³/mol. The molecule has 2 rings (SSSR count). The first-order valence-corrected chi connectivity index (χ1v) is 8.16. The molecule has 0 bridgehead atoms. The normalized spacial score (nSPS) is 19.0. The summed E-state index contributed by atoms with van der Waals surface area (Å²) in [5, 5.41) is 0. The first-order chi connectivity index (χ1) is 10.2. The van der Waals surface area contributed by atoms with Gasteiger partial charge in [-0.3, -0.25) is 9.69 Å². The van der Waals surface area contributed by atoms with Crippen LogP contribution in [0.15, 0.2) is 23.1 Å². The number of benzene rings is 1. The second kappa shape index (κ2) is 6.27. The number of rotatable bonds is 4. The van der Waals surface area contributed by atoms with E-state index in [4.69, 9.17) is 5.73 Å². The van der Waals surface area contributed by atoms with Gasteiger partial charge in [0.15, 0.2) is 0 Å². The molecule has 0 saturated carbocycles. The zero-order valence-corrected chi connectivity index (χ0v) is 12.8. The molecule has 1 aliphatic heterocycles. The molecule has 1 atom stereocenters. The van der Waals surface area contributed by atoms with Crippen LogP contribution in [0.3, 0.4) is 0 Å². The Hall–Kier alpha value is -1.58. The summed E-state index contributed by atoms with van der Waals surface area (Å²) in [6.07, 6.45) is 0. The molecule has 1 aromatic rings. The molecule has 22 heavy (non-hydrogen) atoms. The van der Waals surface area contributed by atoms with Crippen LogP contribution in [-0.4, -0.2) is 55.8 Å². The van der Waals surface area contributed by atoms with E-state index in [0.717, 1.165) is 16.4 Å². The number of piperazine rings is 1. The molecule has 0 aromatic heterocycles. The minimum atomic E-state index is -4.11. The summed E-state index contributed by atoms with van der Waals surface area (Å²) in [6.45, 7) is 2.38. The van der Waals surface area contributed by atoms with Crippen molar-refractivity contribution in [1.82, 2.24) is 9.21 Å². The van der Waals surface area contributed by atoms with Gasteiger partial charge in [0.2, 0.25) is 15.9 Å². The highest BCUT2D eigenvalue weighted by molar-refractivity contribution is 7.89. The van der Waals surface area contributed by atoms with Crippen molar-refractivity contribution in [3.8, 4) is 0 Å². The van der Waals surface area contributed by atoms with Crippen molar-refractivity contribution >= 4 is 15.9 Å². The van der Waals surface area contributed by atoms with Crippen LogP contribution < -0.4 is 5.73 Å². The van der Waals surface area contributed by atoms with Crippen molar-refractivity contribution in [2.75, 3.05) is 26.2 Å². The lowest BCUT2D eigenvalue weighted by Gasteiger charge is -2.36. The van der Waals surface area contributed by atoms with Gasteiger partial charge < -0.3 is 5.73 Å². The quantitative estimate of drug-likeness (QED) is 0.850. The Morgan fingerprint density at radius 1 is 1.23 bits per heavy atom. The molecule has 1 saturated heterocycles. The third-order valence-corrected chi connectivity index (χ3v) is 5.66. The van der Waals surface area contributed by atoms with Gasteiger partial charge in [0, 0.05) is 26.2 Å². The molecule has 0 aliphatic carbocycles. The average molecular weight is 333 g/mol. The molecule has 1 amide bonds. The minimum absolute atomic E-state index is 0.0793. The van der Waals surface area contributed by atoms with E-state index < -0.39 is 38.5 Å². The van der Waals surface area contributed by atoms with E-state index >= 15 is 0 Å². The third kappa shape index (κ3) is 3.26. The largest absolute Gasteiger partial charge is 0.368 e. The van der Waals surface area contributed by atoms with Crippen LogP contribution in [-0.2, 0) is 14.8 Å². The maximum absolute atomic E-state index is 13.7. The van der Waals surface area contributed by atoms with E-state index in [0.29, 0.717) is 19.2 Å². The maximum atomic E-state index is 13.7. The molecular weight excluding hydrogens is 316 g/mol. The van der Waals surface area contributed by atoms with Gasteiger partial charge in [0.25, 0.3) is 0 Å². The summed E-state index contributed by atoms with van der Waals surface area (Å²) in [5.74, 6) is -2.30. The van der Waals surface area contributed by atoms with Crippen LogP contribution in [0.4, 0.5) is 8.78 Å². The molecule has 1 aromatic carbocycles. The van der Waals surface area contributed by atoms with Gasteiger partial charge in [-0.15, -0.1) is 0 Å². The van der Waals surface area contributed by atoms with Gasteiger partial charge in [-0.1, -0.05) is 0 Å². The molecule has 1 aliphatic rings. The van der Waals surface area contributed by atoms with Gasteiger partial charge in [-0.2, -0.15) is 4.31 Å². The number of primary amides is 1. The Bertz CT molecular complexity index is 673. The van der Waals surface area contributed by atoms with Gasteiger partial charge in [-0.25, -0.2) is 17.2 Å². The average Bonchev–Trinajstić information content (AvgIpc) is 2.48. The molecule has 0 unspecified atom stereocenters. The summed E-state index contributed by atoms with van der Waals surface area (Å²) < 4.78 is 52.7. The Kier molecular flexibility index (Phi) is 4.78. The number of halogens is 2. The number of carbonyl (C=O) groups is 1. The fraction of sp³-hybridized carbons (Fsp3) is 0.462. The van der Waals surface area contributed by atoms with Crippen molar-refractivity contribution in [2.45, 2.75) is 17.9 Å². The lowest BCUT2D eigenvalue weighted by Crippen LogP contribution is -2.54. The molecule has 1 fully saturated rings. The first kappa shape index (κ1) is 16.8. The summed E-state index contributed by atoms with van der Waals surface area (Å²) in [5.41, 5.74) is 5.21. The van der Waals surface area contributed by atoms with Crippen molar-refractivity contribution < 1.29 is 22.0 Å². The van der Waals surface area contributed by atoms with Gasteiger partial charge in [0.05, 0.1) is 6.04 Å². The minimum Gasteiger partial charge on any atom is -0.368 e. The Labute approximate surface area is 127 Å². The van der Waals surface area contributed by atoms with E-state index in [1.165, 1.54) is 0 Å². The number of sulfonamides is 1. The molecule has 0 radical (unpaired) electrons. The highest BCUT2D eigenvalue weighted by Gasteiger charge is 2.32. The highest BCUT2D eigenvalue weighted by atomic mass is 32.2. The standard InChI is InChI=1S/C13H17F2N3O3S/c1-9(13(16)19)17-4-6-18(7-5-17)22(20,21)12-8-10(14)2-3-11(12)15/h2-3,8-9H,4-7H2,1H3,(H2,16,19)/t9-/m0/s1. The summed E-state index contributed by atoms with van der Waals surface area (Å²) in [7, 11) is -4.11. The van der Waals surface area contributed by atoms with Crippen molar-refractivity contribution in [3.05, 3.63) is 29.8 Å². The van der Waals surface area contributed by atoms with Crippen LogP contribution in [0.5, 0.6) is 0 Å². The molecular formula is C13H17F2N3O3S. The van der Waals surface area contributed by atoms with E-state index in [2.05, 4.69) is 0 Å². The van der Waals surface area contributed by atoms with Gasteiger partial charge in [-0.05, 0) is 25.1 Å². The van der Waals surface area contributed by atoms with E-state index in [-0.39, 0.29) is 13.1 Å². The molecule has 6 nitrogen and oxygen atoms in total. The molecule has 0 spiro atoms. The van der Waals surface area contributed by atoms with Crippen LogP contribution in [0.25, 0.3) is 0 Å². The SMILES string of the molecule is C[C@@H](C(N)=O)N1CCN(S(=O)(=O)c2cc(F)ccc2F)CC1. The zero-order chi connectivity index (χ0) is 16.5. The lowest BCUT2D eigenvalue weighted by atomic mass is 10.2. The van der Waals surface area contributed by atoms with Crippen molar-refractivity contribution in [3.63, 3.8) is 0 Å². The maximum Gasteiger partial charge on any atom is 0.246 e. The van der Waals surface area contributed by atoms with Crippen molar-refractivity contribution in [2.24, 2.45) is 5.73 Å². The fourth-order valence-electron chi connectivity index (χ4n) is 2.33. The number of amides is 1. The summed E-state index contributed by atoms with van der Waals surface area (Å²) in [4.78, 5) is 12.2. The summed E-state index contributed by atoms with van der Waals surface area (Å²) in [6, 6.07) is 1.81. The van der Waals surface area contributed by atoms with Gasteiger partial charge in [0.1, 0.15) is 16.5 Å². The Morgan fingerprint density at radius 2 is 1.82 bits per heavy atom. The van der Waals surface area contributed by atoms with Crippen LogP contribution in [0.2, 0.25) is 0 Å². The van der Waals surface area contributed by atoms with Crippen LogP contribution in [0.1, 0.15) is 6.92 Å². The second-order valence-electron chi connectivity index (χ2n) is 5.09. The Balaban J connectivity index is 2.16. The number of hydrogen-bond acceptors (Lipinski definition) is 4. The van der Waals surface area contributed by atoms with Gasteiger partial charge >= 0.3 is 0 Å². The zero-order valence-electron chi connectivity index (χ0n) is 12.0. The third-order valence-electron chi connectivity index (χ3n) is 3.74. The van der Waals surface area contributed by atoms with Crippen LogP contribution in [0, 0.1) is 11.6 Å². The smallest absolute Gasteiger partial charge is 0.246 e. The molecule has 2 N–H and O–H groups in total. The fourth-order valence-corrected chi connectivity index (χ4v) is 3.82. The van der Waals surface area contributed by atoms with E-state index in [1.54, 1.807) is 11.8 Å². The molecule has 9 heteroatoms. The number of nitrogens with two attached hydrogens (primary N) is 1. The van der Waals surface area contributed by atoms with E-state index in [9.17, 15) is 22.0 Å². The topological polar surface area (TPSA) is 83.7 Å². The number of carbonyl (C=O) groups excluding carboxylic acids is 1. The molecule has 122 valence electrons. The Morgan fingerprint density at radius 3 is 2.36 bits per heavy atom. The number of nitrogens with zero attached hydrogens (tertiary/aromatic N) is 2. The monoisotopic (exact) mass is 333 g/mol. The second-order valence-corrected chi connectivity index (χ2v) is 7.00.